The SMILES string of the molecule is NCCc1nc(N)c2c(n1)C(=O)NC2=O. The van der Waals surface area contributed by atoms with Gasteiger partial charge in [-0.2, -0.15) is 0 Å². The van der Waals surface area contributed by atoms with Crippen LogP contribution in [0.15, 0.2) is 0 Å². The number of hydrogen-bond donors (Lipinski definition) is 3. The normalized spacial score (nSPS) is 13.9. The molecular formula is C8H9N5O2. The van der Waals surface area contributed by atoms with Crippen LogP contribution < -0.4 is 16.8 Å². The number of amides is 2. The molecule has 0 atom stereocenters. The van der Waals surface area contributed by atoms with Gasteiger partial charge in [-0.3, -0.25) is 14.9 Å². The lowest BCUT2D eigenvalue weighted by Gasteiger charge is -2.02. The van der Waals surface area contributed by atoms with Crippen molar-refractivity contribution in [2.45, 2.75) is 6.42 Å². The molecule has 0 aliphatic carbocycles. The molecule has 1 aliphatic heterocycles. The third kappa shape index (κ3) is 1.42. The van der Waals surface area contributed by atoms with E-state index in [1.54, 1.807) is 0 Å². The number of nitrogens with one attached hydrogen (secondary N) is 1. The number of nitrogens with two attached hydrogens (primary N) is 2. The average molecular weight is 207 g/mol. The monoisotopic (exact) mass is 207 g/mol. The third-order valence-corrected chi connectivity index (χ3v) is 2.02. The second-order valence-corrected chi connectivity index (χ2v) is 3.07. The Balaban J connectivity index is 2.56. The van der Waals surface area contributed by atoms with Crippen LogP contribution >= 0.6 is 0 Å². The van der Waals surface area contributed by atoms with Gasteiger partial charge in [-0.25, -0.2) is 9.97 Å². The van der Waals surface area contributed by atoms with E-state index in [4.69, 9.17) is 11.5 Å². The van der Waals surface area contributed by atoms with Crippen LogP contribution in [0.1, 0.15) is 26.7 Å². The molecule has 7 heteroatoms. The zero-order valence-corrected chi connectivity index (χ0v) is 7.78. The van der Waals surface area contributed by atoms with E-state index in [0.717, 1.165) is 0 Å². The first-order chi connectivity index (χ1) is 7.13. The predicted molar refractivity (Wildman–Crippen MR) is 51.0 cm³/mol. The smallest absolute Gasteiger partial charge is 0.277 e. The molecule has 78 valence electrons. The Labute approximate surface area is 84.9 Å². The molecule has 1 aromatic rings. The second kappa shape index (κ2) is 3.28. The van der Waals surface area contributed by atoms with E-state index < -0.39 is 11.8 Å². The summed E-state index contributed by atoms with van der Waals surface area (Å²) in [7, 11) is 0. The number of aromatic nitrogens is 2. The van der Waals surface area contributed by atoms with E-state index in [2.05, 4.69) is 15.3 Å². The number of anilines is 1. The lowest BCUT2D eigenvalue weighted by atomic mass is 10.2. The molecule has 0 unspecified atom stereocenters. The molecule has 1 aliphatic rings. The van der Waals surface area contributed by atoms with Crippen molar-refractivity contribution >= 4 is 17.6 Å². The quantitative estimate of drug-likeness (QED) is 0.504. The first kappa shape index (κ1) is 9.53. The number of fused-ring (bicyclic) bond motifs is 1. The molecule has 0 radical (unpaired) electrons. The molecule has 2 rings (SSSR count). The molecule has 7 nitrogen and oxygen atoms in total. The van der Waals surface area contributed by atoms with Crippen molar-refractivity contribution in [1.82, 2.24) is 15.3 Å². The van der Waals surface area contributed by atoms with Gasteiger partial charge in [0.05, 0.1) is 0 Å². The summed E-state index contributed by atoms with van der Waals surface area (Å²) in [5.74, 6) is -0.695. The van der Waals surface area contributed by atoms with Gasteiger partial charge < -0.3 is 11.5 Å². The van der Waals surface area contributed by atoms with Gasteiger partial charge >= 0.3 is 0 Å². The maximum Gasteiger partial charge on any atom is 0.277 e. The number of imide groups is 1. The summed E-state index contributed by atoms with van der Waals surface area (Å²) < 4.78 is 0. The Bertz CT molecular complexity index is 457. The summed E-state index contributed by atoms with van der Waals surface area (Å²) in [4.78, 5) is 30.3. The summed E-state index contributed by atoms with van der Waals surface area (Å²) in [5.41, 5.74) is 11.0. The van der Waals surface area contributed by atoms with Crippen molar-refractivity contribution in [2.24, 2.45) is 5.73 Å². The number of carbonyl (C=O) groups is 2. The van der Waals surface area contributed by atoms with Crippen LogP contribution in [-0.2, 0) is 6.42 Å². The number of nitrogens with zero attached hydrogens (tertiary/aromatic N) is 2. The molecule has 0 aromatic carbocycles. The lowest BCUT2D eigenvalue weighted by Crippen LogP contribution is -2.20. The van der Waals surface area contributed by atoms with E-state index in [-0.39, 0.29) is 17.1 Å². The summed E-state index contributed by atoms with van der Waals surface area (Å²) in [6.45, 7) is 0.355. The van der Waals surface area contributed by atoms with Crippen LogP contribution in [0.5, 0.6) is 0 Å². The largest absolute Gasteiger partial charge is 0.383 e. The maximum atomic E-state index is 11.3. The Morgan fingerprint density at radius 3 is 2.60 bits per heavy atom. The minimum atomic E-state index is -0.549. The van der Waals surface area contributed by atoms with Gasteiger partial charge in [0, 0.05) is 6.42 Å². The minimum Gasteiger partial charge on any atom is -0.383 e. The van der Waals surface area contributed by atoms with Crippen LogP contribution in [0.3, 0.4) is 0 Å². The van der Waals surface area contributed by atoms with Crippen molar-refractivity contribution < 1.29 is 9.59 Å². The highest BCUT2D eigenvalue weighted by molar-refractivity contribution is 6.22. The average Bonchev–Trinajstić information content (AvgIpc) is 2.43. The van der Waals surface area contributed by atoms with E-state index >= 15 is 0 Å². The molecular weight excluding hydrogens is 198 g/mol. The van der Waals surface area contributed by atoms with Crippen LogP contribution in [0.25, 0.3) is 0 Å². The molecule has 2 heterocycles. The first-order valence-electron chi connectivity index (χ1n) is 4.35. The molecule has 0 spiro atoms. The Morgan fingerprint density at radius 1 is 1.20 bits per heavy atom. The molecule has 0 fully saturated rings. The summed E-state index contributed by atoms with van der Waals surface area (Å²) >= 11 is 0. The van der Waals surface area contributed by atoms with Crippen LogP contribution in [-0.4, -0.2) is 28.3 Å². The summed E-state index contributed by atoms with van der Waals surface area (Å²) in [6, 6.07) is 0. The number of rotatable bonds is 2. The number of carbonyl (C=O) groups excluding carboxylic acids is 2. The van der Waals surface area contributed by atoms with Crippen molar-refractivity contribution in [3.63, 3.8) is 0 Å². The lowest BCUT2D eigenvalue weighted by molar-refractivity contribution is 0.0878. The van der Waals surface area contributed by atoms with Gasteiger partial charge in [0.25, 0.3) is 11.8 Å². The van der Waals surface area contributed by atoms with E-state index in [1.807, 2.05) is 0 Å². The standard InChI is InChI=1S/C8H9N5O2/c9-2-1-3-11-5-4(6(10)12-3)7(14)13-8(5)15/h1-2,9H2,(H2,10,11,12)(H,13,14,15). The minimum absolute atomic E-state index is 0.0202. The molecule has 0 saturated heterocycles. The highest BCUT2D eigenvalue weighted by atomic mass is 16.2. The van der Waals surface area contributed by atoms with Gasteiger partial charge in [-0.1, -0.05) is 0 Å². The fraction of sp³-hybridized carbons (Fsp3) is 0.250. The van der Waals surface area contributed by atoms with Crippen LogP contribution in [0.2, 0.25) is 0 Å². The van der Waals surface area contributed by atoms with Crippen molar-refractivity contribution in [2.75, 3.05) is 12.3 Å². The third-order valence-electron chi connectivity index (χ3n) is 2.02. The van der Waals surface area contributed by atoms with Gasteiger partial charge in [0.2, 0.25) is 0 Å². The number of hydrogen-bond acceptors (Lipinski definition) is 6. The van der Waals surface area contributed by atoms with Gasteiger partial charge in [0.1, 0.15) is 22.9 Å². The fourth-order valence-corrected chi connectivity index (χ4v) is 1.38. The summed E-state index contributed by atoms with van der Waals surface area (Å²) in [6.07, 6.45) is 0.416. The van der Waals surface area contributed by atoms with Crippen LogP contribution in [0.4, 0.5) is 5.82 Å². The Hall–Kier alpha value is -2.02. The van der Waals surface area contributed by atoms with E-state index in [1.165, 1.54) is 0 Å². The topological polar surface area (TPSA) is 124 Å². The highest BCUT2D eigenvalue weighted by Gasteiger charge is 2.31. The fourth-order valence-electron chi connectivity index (χ4n) is 1.38. The molecule has 5 N–H and O–H groups in total. The van der Waals surface area contributed by atoms with Gasteiger partial charge in [0.15, 0.2) is 0 Å². The Kier molecular flexibility index (Phi) is 2.09. The van der Waals surface area contributed by atoms with E-state index in [9.17, 15) is 9.59 Å². The predicted octanol–water partition coefficient (Wildman–Crippen LogP) is -1.56. The molecule has 2 amide bonds. The first-order valence-corrected chi connectivity index (χ1v) is 4.35. The molecule has 1 aromatic heterocycles. The zero-order valence-electron chi connectivity index (χ0n) is 7.78. The van der Waals surface area contributed by atoms with Crippen molar-refractivity contribution in [1.29, 1.82) is 0 Å². The molecule has 0 bridgehead atoms. The Morgan fingerprint density at radius 2 is 1.93 bits per heavy atom. The van der Waals surface area contributed by atoms with Gasteiger partial charge in [-0.15, -0.1) is 0 Å². The second-order valence-electron chi connectivity index (χ2n) is 3.07. The highest BCUT2D eigenvalue weighted by Crippen LogP contribution is 2.18. The summed E-state index contributed by atoms with van der Waals surface area (Å²) in [5, 5.41) is 2.10. The van der Waals surface area contributed by atoms with Crippen LogP contribution in [0, 0.1) is 0 Å². The van der Waals surface area contributed by atoms with Crippen molar-refractivity contribution in [3.05, 3.63) is 17.1 Å². The molecule has 15 heavy (non-hydrogen) atoms. The molecule has 0 saturated carbocycles. The maximum absolute atomic E-state index is 11.3. The van der Waals surface area contributed by atoms with Gasteiger partial charge in [-0.05, 0) is 6.54 Å². The zero-order chi connectivity index (χ0) is 11.0. The number of nitrogen functional groups attached to an aromatic ring is 1. The van der Waals surface area contributed by atoms with Crippen molar-refractivity contribution in [3.8, 4) is 0 Å². The van der Waals surface area contributed by atoms with E-state index in [0.29, 0.717) is 18.8 Å².